The van der Waals surface area contributed by atoms with Crippen LogP contribution in [0.15, 0.2) is 144 Å². The number of aromatic nitrogens is 2. The quantitative estimate of drug-likeness (QED) is 0.200. The van der Waals surface area contributed by atoms with Crippen LogP contribution in [-0.2, 0) is 0 Å². The first-order valence-electron chi connectivity index (χ1n) is 15.1. The zero-order valence-corrected chi connectivity index (χ0v) is 25.3. The van der Waals surface area contributed by atoms with Gasteiger partial charge >= 0.3 is 0 Å². The molecule has 6 aromatic carbocycles. The molecule has 0 fully saturated rings. The molecule has 0 atom stereocenters. The topological polar surface area (TPSA) is 62.7 Å². The van der Waals surface area contributed by atoms with Gasteiger partial charge in [-0.15, -0.1) is 11.3 Å². The van der Waals surface area contributed by atoms with Gasteiger partial charge in [-0.3, -0.25) is 0 Å². The number of thiophene rings is 1. The molecular weight excluding hydrogens is 583 g/mol. The van der Waals surface area contributed by atoms with Crippen LogP contribution in [0.5, 0.6) is 0 Å². The van der Waals surface area contributed by atoms with Gasteiger partial charge in [0.25, 0.3) is 0 Å². The van der Waals surface area contributed by atoms with Crippen molar-refractivity contribution in [2.75, 3.05) is 0 Å². The van der Waals surface area contributed by atoms with Gasteiger partial charge < -0.3 is 4.42 Å². The summed E-state index contributed by atoms with van der Waals surface area (Å²) < 4.78 is 8.87. The average molecular weight is 606 g/mol. The fourth-order valence-electron chi connectivity index (χ4n) is 6.35. The van der Waals surface area contributed by atoms with Crippen molar-refractivity contribution in [3.63, 3.8) is 0 Å². The minimum Gasteiger partial charge on any atom is -0.455 e. The molecule has 3 heterocycles. The van der Waals surface area contributed by atoms with Gasteiger partial charge in [-0.25, -0.2) is 9.97 Å². The van der Waals surface area contributed by atoms with Crippen LogP contribution in [-0.4, -0.2) is 9.97 Å². The summed E-state index contributed by atoms with van der Waals surface area (Å²) in [6, 6.07) is 49.7. The molecule has 0 aliphatic rings. The van der Waals surface area contributed by atoms with Gasteiger partial charge in [0.15, 0.2) is 5.82 Å². The van der Waals surface area contributed by atoms with Crippen LogP contribution in [0, 0.1) is 11.3 Å². The molecule has 0 saturated carbocycles. The standard InChI is InChI=1S/C41H23N3OS/c42-24-25-18-20-28(21-19-25)37-40-38(30-14-7-8-17-35(30)46-40)44-41(43-37)31-15-9-16-34-36(31)33-23-29(26-10-3-1-4-11-26)22-32(39(33)45-34)27-12-5-2-6-13-27/h1-23H. The fraction of sp³-hybridized carbons (Fsp3) is 0. The molecule has 4 nitrogen and oxygen atoms in total. The number of hydrogen-bond acceptors (Lipinski definition) is 5. The van der Waals surface area contributed by atoms with Crippen molar-refractivity contribution in [2.24, 2.45) is 0 Å². The van der Waals surface area contributed by atoms with E-state index >= 15 is 0 Å². The highest BCUT2D eigenvalue weighted by Crippen LogP contribution is 2.44. The Balaban J connectivity index is 1.37. The molecule has 0 radical (unpaired) electrons. The van der Waals surface area contributed by atoms with Crippen LogP contribution in [0.2, 0.25) is 0 Å². The first-order valence-corrected chi connectivity index (χ1v) is 15.9. The fourth-order valence-corrected chi connectivity index (χ4v) is 7.51. The van der Waals surface area contributed by atoms with Crippen molar-refractivity contribution in [1.29, 1.82) is 5.26 Å². The minimum absolute atomic E-state index is 0.615. The van der Waals surface area contributed by atoms with Gasteiger partial charge in [0.2, 0.25) is 0 Å². The van der Waals surface area contributed by atoms with E-state index in [0.717, 1.165) is 81.3 Å². The highest BCUT2D eigenvalue weighted by atomic mass is 32.1. The van der Waals surface area contributed by atoms with Gasteiger partial charge in [-0.1, -0.05) is 103 Å². The molecule has 214 valence electrons. The summed E-state index contributed by atoms with van der Waals surface area (Å²) in [7, 11) is 0. The van der Waals surface area contributed by atoms with E-state index in [9.17, 15) is 5.26 Å². The van der Waals surface area contributed by atoms with E-state index in [1.54, 1.807) is 11.3 Å². The summed E-state index contributed by atoms with van der Waals surface area (Å²) in [5.41, 5.74) is 10.2. The number of fused-ring (bicyclic) bond motifs is 6. The second kappa shape index (κ2) is 10.5. The van der Waals surface area contributed by atoms with Crippen molar-refractivity contribution >= 4 is 53.6 Å². The van der Waals surface area contributed by atoms with Crippen LogP contribution in [0.3, 0.4) is 0 Å². The average Bonchev–Trinajstić information content (AvgIpc) is 3.70. The number of rotatable bonds is 4. The zero-order chi connectivity index (χ0) is 30.6. The van der Waals surface area contributed by atoms with E-state index in [0.29, 0.717) is 11.4 Å². The Morgan fingerprint density at radius 3 is 2.11 bits per heavy atom. The zero-order valence-electron chi connectivity index (χ0n) is 24.4. The predicted molar refractivity (Wildman–Crippen MR) is 189 cm³/mol. The summed E-state index contributed by atoms with van der Waals surface area (Å²) in [5, 5.41) is 12.5. The Bertz CT molecular complexity index is 2630. The van der Waals surface area contributed by atoms with Gasteiger partial charge in [0.05, 0.1) is 27.5 Å². The third kappa shape index (κ3) is 4.20. The highest BCUT2D eigenvalue weighted by Gasteiger charge is 2.22. The molecule has 0 N–H and O–H groups in total. The van der Waals surface area contributed by atoms with Crippen LogP contribution in [0.4, 0.5) is 0 Å². The van der Waals surface area contributed by atoms with Crippen LogP contribution in [0.1, 0.15) is 5.56 Å². The van der Waals surface area contributed by atoms with E-state index in [2.05, 4.69) is 97.1 Å². The van der Waals surface area contributed by atoms with E-state index < -0.39 is 0 Å². The molecule has 0 spiro atoms. The summed E-state index contributed by atoms with van der Waals surface area (Å²) in [5.74, 6) is 0.634. The largest absolute Gasteiger partial charge is 0.455 e. The van der Waals surface area contributed by atoms with Gasteiger partial charge in [-0.05, 0) is 53.1 Å². The monoisotopic (exact) mass is 605 g/mol. The number of nitrogens with zero attached hydrogens (tertiary/aromatic N) is 3. The van der Waals surface area contributed by atoms with Gasteiger partial charge in [-0.2, -0.15) is 5.26 Å². The Morgan fingerprint density at radius 1 is 0.587 bits per heavy atom. The summed E-state index contributed by atoms with van der Waals surface area (Å²) in [4.78, 5) is 10.5. The van der Waals surface area contributed by atoms with E-state index in [1.807, 2.05) is 48.5 Å². The van der Waals surface area contributed by atoms with Gasteiger partial charge in [0.1, 0.15) is 11.2 Å². The lowest BCUT2D eigenvalue weighted by Gasteiger charge is -2.10. The Morgan fingerprint density at radius 2 is 1.33 bits per heavy atom. The maximum Gasteiger partial charge on any atom is 0.161 e. The molecule has 3 aromatic heterocycles. The number of benzene rings is 6. The smallest absolute Gasteiger partial charge is 0.161 e. The Hall–Kier alpha value is -6.09. The predicted octanol–water partition coefficient (Wildman–Crippen LogP) is 11.3. The molecule has 0 aliphatic carbocycles. The normalized spacial score (nSPS) is 11.5. The van der Waals surface area contributed by atoms with Crippen LogP contribution < -0.4 is 0 Å². The molecule has 5 heteroatoms. The number of nitriles is 1. The molecule has 9 rings (SSSR count). The van der Waals surface area contributed by atoms with Crippen LogP contribution >= 0.6 is 11.3 Å². The highest BCUT2D eigenvalue weighted by molar-refractivity contribution is 7.26. The third-order valence-corrected chi connectivity index (χ3v) is 9.70. The lowest BCUT2D eigenvalue weighted by Crippen LogP contribution is -1.94. The maximum absolute atomic E-state index is 9.43. The second-order valence-electron chi connectivity index (χ2n) is 11.3. The van der Waals surface area contributed by atoms with Crippen molar-refractivity contribution < 1.29 is 4.42 Å². The molecule has 0 bridgehead atoms. The third-order valence-electron chi connectivity index (χ3n) is 8.54. The van der Waals surface area contributed by atoms with E-state index in [4.69, 9.17) is 14.4 Å². The van der Waals surface area contributed by atoms with Crippen molar-refractivity contribution in [1.82, 2.24) is 9.97 Å². The lowest BCUT2D eigenvalue weighted by atomic mass is 9.95. The van der Waals surface area contributed by atoms with Gasteiger partial charge in [0, 0.05) is 37.5 Å². The first-order chi connectivity index (χ1) is 22.7. The van der Waals surface area contributed by atoms with Crippen molar-refractivity contribution in [3.8, 4) is 51.0 Å². The molecule has 0 saturated heterocycles. The van der Waals surface area contributed by atoms with Crippen molar-refractivity contribution in [3.05, 3.63) is 145 Å². The summed E-state index contributed by atoms with van der Waals surface area (Å²) >= 11 is 1.70. The van der Waals surface area contributed by atoms with Crippen molar-refractivity contribution in [2.45, 2.75) is 0 Å². The summed E-state index contributed by atoms with van der Waals surface area (Å²) in [6.45, 7) is 0. The van der Waals surface area contributed by atoms with Crippen LogP contribution in [0.25, 0.3) is 87.1 Å². The molecule has 46 heavy (non-hydrogen) atoms. The molecular formula is C41H23N3OS. The van der Waals surface area contributed by atoms with E-state index in [-0.39, 0.29) is 0 Å². The SMILES string of the molecule is N#Cc1ccc(-c2nc(-c3cccc4oc5c(-c6ccccc6)cc(-c6ccccc6)cc5c34)nc3c2sc2ccccc23)cc1. The maximum atomic E-state index is 9.43. The molecule has 9 aromatic rings. The second-order valence-corrected chi connectivity index (χ2v) is 12.3. The lowest BCUT2D eigenvalue weighted by molar-refractivity contribution is 0.670. The van der Waals surface area contributed by atoms with E-state index in [1.165, 1.54) is 0 Å². The summed E-state index contributed by atoms with van der Waals surface area (Å²) in [6.07, 6.45) is 0. The molecule has 0 aliphatic heterocycles. The Labute approximate surface area is 268 Å². The Kier molecular flexibility index (Phi) is 6.02. The number of furan rings is 1. The first kappa shape index (κ1) is 26.3. The molecule has 0 amide bonds. The molecule has 0 unspecified atom stereocenters. The minimum atomic E-state index is 0.615. The number of hydrogen-bond donors (Lipinski definition) is 0.